The van der Waals surface area contributed by atoms with Crippen LogP contribution in [0.4, 0.5) is 8.78 Å². The highest BCUT2D eigenvalue weighted by Gasteiger charge is 2.15. The number of tetrazole rings is 1. The molecular formula is C14H12F2N4O2S. The normalized spacial score (nSPS) is 12.5. The Morgan fingerprint density at radius 1 is 1.26 bits per heavy atom. The summed E-state index contributed by atoms with van der Waals surface area (Å²) < 4.78 is 32.9. The Kier molecular flexibility index (Phi) is 4.68. The van der Waals surface area contributed by atoms with Crippen LogP contribution in [0, 0.1) is 11.6 Å². The molecule has 0 fully saturated rings. The summed E-state index contributed by atoms with van der Waals surface area (Å²) in [6.45, 7) is 0.365. The first-order chi connectivity index (χ1) is 11.1. The van der Waals surface area contributed by atoms with Gasteiger partial charge in [-0.25, -0.2) is 13.5 Å². The molecule has 0 spiro atoms. The van der Waals surface area contributed by atoms with Crippen molar-refractivity contribution in [3.05, 3.63) is 59.6 Å². The summed E-state index contributed by atoms with van der Waals surface area (Å²) >= 11 is 1.21. The molecule has 0 radical (unpaired) electrons. The number of halogens is 2. The monoisotopic (exact) mass is 338 g/mol. The van der Waals surface area contributed by atoms with Crippen molar-refractivity contribution >= 4 is 11.8 Å². The molecule has 2 aromatic heterocycles. The van der Waals surface area contributed by atoms with Gasteiger partial charge in [-0.3, -0.25) is 0 Å². The molecule has 0 saturated carbocycles. The van der Waals surface area contributed by atoms with Gasteiger partial charge in [-0.2, -0.15) is 0 Å². The Bertz CT molecular complexity index is 779. The van der Waals surface area contributed by atoms with Crippen LogP contribution >= 0.6 is 11.8 Å². The van der Waals surface area contributed by atoms with Crippen molar-refractivity contribution in [2.45, 2.75) is 17.8 Å². The van der Waals surface area contributed by atoms with Gasteiger partial charge in [0.1, 0.15) is 12.3 Å². The van der Waals surface area contributed by atoms with E-state index in [2.05, 4.69) is 15.5 Å². The van der Waals surface area contributed by atoms with E-state index in [1.54, 1.807) is 18.4 Å². The van der Waals surface area contributed by atoms with Crippen molar-refractivity contribution in [1.29, 1.82) is 0 Å². The van der Waals surface area contributed by atoms with Crippen LogP contribution in [-0.2, 0) is 6.54 Å². The van der Waals surface area contributed by atoms with E-state index < -0.39 is 17.7 Å². The fourth-order valence-electron chi connectivity index (χ4n) is 1.92. The van der Waals surface area contributed by atoms with Gasteiger partial charge in [0.25, 0.3) is 0 Å². The van der Waals surface area contributed by atoms with E-state index in [1.807, 2.05) is 0 Å². The zero-order chi connectivity index (χ0) is 16.2. The van der Waals surface area contributed by atoms with E-state index in [-0.39, 0.29) is 5.75 Å². The molecule has 0 aliphatic rings. The van der Waals surface area contributed by atoms with Crippen LogP contribution < -0.4 is 0 Å². The van der Waals surface area contributed by atoms with Crippen LogP contribution in [0.3, 0.4) is 0 Å². The minimum absolute atomic E-state index is 0.198. The summed E-state index contributed by atoms with van der Waals surface area (Å²) in [7, 11) is 0. The minimum Gasteiger partial charge on any atom is -0.467 e. The highest BCUT2D eigenvalue weighted by Crippen LogP contribution is 2.24. The van der Waals surface area contributed by atoms with Gasteiger partial charge in [0.2, 0.25) is 5.16 Å². The van der Waals surface area contributed by atoms with Crippen molar-refractivity contribution in [1.82, 2.24) is 20.2 Å². The number of nitrogens with zero attached hydrogens (tertiary/aromatic N) is 4. The van der Waals surface area contributed by atoms with Crippen molar-refractivity contribution in [2.24, 2.45) is 0 Å². The van der Waals surface area contributed by atoms with Gasteiger partial charge in [-0.1, -0.05) is 17.8 Å². The van der Waals surface area contributed by atoms with Gasteiger partial charge in [-0.05, 0) is 40.3 Å². The predicted octanol–water partition coefficient (Wildman–Crippen LogP) is 2.42. The second-order valence-electron chi connectivity index (χ2n) is 4.70. The van der Waals surface area contributed by atoms with E-state index in [0.29, 0.717) is 23.0 Å². The Morgan fingerprint density at radius 2 is 2.13 bits per heavy atom. The maximum Gasteiger partial charge on any atom is 0.209 e. The number of rotatable bonds is 6. The smallest absolute Gasteiger partial charge is 0.209 e. The molecule has 1 aromatic carbocycles. The topological polar surface area (TPSA) is 77.0 Å². The van der Waals surface area contributed by atoms with E-state index in [4.69, 9.17) is 4.42 Å². The van der Waals surface area contributed by atoms with Gasteiger partial charge >= 0.3 is 0 Å². The molecule has 0 bridgehead atoms. The Hall–Kier alpha value is -2.26. The number of aromatic nitrogens is 4. The van der Waals surface area contributed by atoms with Crippen molar-refractivity contribution in [3.8, 4) is 0 Å². The molecule has 9 heteroatoms. The van der Waals surface area contributed by atoms with Gasteiger partial charge in [-0.15, -0.1) is 5.10 Å². The van der Waals surface area contributed by atoms with E-state index in [9.17, 15) is 13.9 Å². The lowest BCUT2D eigenvalue weighted by Gasteiger charge is -2.10. The maximum absolute atomic E-state index is 13.2. The molecule has 0 aliphatic carbocycles. The predicted molar refractivity (Wildman–Crippen MR) is 77.7 cm³/mol. The third kappa shape index (κ3) is 3.74. The fraction of sp³-hybridized carbons (Fsp3) is 0.214. The summed E-state index contributed by atoms with van der Waals surface area (Å²) in [6, 6.07) is 6.87. The number of aliphatic hydroxyl groups is 1. The first-order valence-electron chi connectivity index (χ1n) is 6.68. The third-order valence-corrected chi connectivity index (χ3v) is 4.12. The summed E-state index contributed by atoms with van der Waals surface area (Å²) in [5.74, 6) is -1.05. The number of benzene rings is 1. The average Bonchev–Trinajstić information content (AvgIpc) is 3.20. The zero-order valence-corrected chi connectivity index (χ0v) is 12.6. The molecule has 0 saturated heterocycles. The molecule has 23 heavy (non-hydrogen) atoms. The molecular weight excluding hydrogens is 326 g/mol. The van der Waals surface area contributed by atoms with E-state index in [0.717, 1.165) is 12.1 Å². The van der Waals surface area contributed by atoms with Crippen molar-refractivity contribution < 1.29 is 18.3 Å². The lowest BCUT2D eigenvalue weighted by atomic mass is 10.1. The van der Waals surface area contributed by atoms with Crippen LogP contribution in [0.25, 0.3) is 0 Å². The fourth-order valence-corrected chi connectivity index (χ4v) is 2.76. The Balaban J connectivity index is 1.64. The average molecular weight is 338 g/mol. The molecule has 120 valence electrons. The molecule has 0 amide bonds. The van der Waals surface area contributed by atoms with Crippen molar-refractivity contribution in [2.75, 3.05) is 5.75 Å². The van der Waals surface area contributed by atoms with Gasteiger partial charge in [0.05, 0.1) is 12.4 Å². The first kappa shape index (κ1) is 15.6. The highest BCUT2D eigenvalue weighted by atomic mass is 32.2. The molecule has 3 aromatic rings. The molecule has 0 aliphatic heterocycles. The van der Waals surface area contributed by atoms with E-state index in [1.165, 1.54) is 22.5 Å². The first-order valence-corrected chi connectivity index (χ1v) is 7.66. The van der Waals surface area contributed by atoms with Gasteiger partial charge in [0.15, 0.2) is 11.6 Å². The van der Waals surface area contributed by atoms with Crippen LogP contribution in [0.5, 0.6) is 0 Å². The Morgan fingerprint density at radius 3 is 2.87 bits per heavy atom. The summed E-state index contributed by atoms with van der Waals surface area (Å²) in [6.07, 6.45) is 0.586. The Labute approximate surface area is 134 Å². The van der Waals surface area contributed by atoms with Gasteiger partial charge in [0, 0.05) is 5.75 Å². The lowest BCUT2D eigenvalue weighted by Crippen LogP contribution is -2.06. The third-order valence-electron chi connectivity index (χ3n) is 3.08. The van der Waals surface area contributed by atoms with Crippen LogP contribution in [-0.4, -0.2) is 31.1 Å². The SMILES string of the molecule is OC(CSc1nnnn1Cc1ccco1)c1ccc(F)c(F)c1. The number of furan rings is 1. The highest BCUT2D eigenvalue weighted by molar-refractivity contribution is 7.99. The quantitative estimate of drug-likeness (QED) is 0.696. The lowest BCUT2D eigenvalue weighted by molar-refractivity contribution is 0.203. The van der Waals surface area contributed by atoms with Crippen molar-refractivity contribution in [3.63, 3.8) is 0 Å². The van der Waals surface area contributed by atoms with Crippen LogP contribution in [0.2, 0.25) is 0 Å². The largest absolute Gasteiger partial charge is 0.467 e. The molecule has 2 heterocycles. The minimum atomic E-state index is -0.991. The molecule has 3 rings (SSSR count). The summed E-state index contributed by atoms with van der Waals surface area (Å²) in [5.41, 5.74) is 0.293. The number of thioether (sulfide) groups is 1. The van der Waals surface area contributed by atoms with E-state index >= 15 is 0 Å². The summed E-state index contributed by atoms with van der Waals surface area (Å²) in [4.78, 5) is 0. The standard InChI is InChI=1S/C14H12F2N4O2S/c15-11-4-3-9(6-12(11)16)13(21)8-23-14-17-18-19-20(14)7-10-2-1-5-22-10/h1-6,13,21H,7-8H2. The number of aliphatic hydroxyl groups excluding tert-OH is 1. The molecule has 6 nitrogen and oxygen atoms in total. The number of hydrogen-bond acceptors (Lipinski definition) is 6. The number of hydrogen-bond donors (Lipinski definition) is 1. The van der Waals surface area contributed by atoms with Crippen LogP contribution in [0.1, 0.15) is 17.4 Å². The zero-order valence-electron chi connectivity index (χ0n) is 11.8. The summed E-state index contributed by atoms with van der Waals surface area (Å²) in [5, 5.41) is 21.9. The van der Waals surface area contributed by atoms with Crippen LogP contribution in [0.15, 0.2) is 46.2 Å². The van der Waals surface area contributed by atoms with Gasteiger partial charge < -0.3 is 9.52 Å². The molecule has 1 unspecified atom stereocenters. The second-order valence-corrected chi connectivity index (χ2v) is 5.69. The molecule has 1 atom stereocenters. The second kappa shape index (κ2) is 6.88. The maximum atomic E-state index is 13.2. The molecule has 1 N–H and O–H groups in total.